The number of hydrogen-bond donors (Lipinski definition) is 1. The predicted octanol–water partition coefficient (Wildman–Crippen LogP) is 1.20. The molecule has 8 heavy (non-hydrogen) atoms. The zero-order valence-electron chi connectivity index (χ0n) is 4.98. The van der Waals surface area contributed by atoms with E-state index in [4.69, 9.17) is 5.73 Å². The smallest absolute Gasteiger partial charge is 0.0114 e. The maximum absolute atomic E-state index is 5.60. The highest BCUT2D eigenvalue weighted by Gasteiger charge is 2.26. The van der Waals surface area contributed by atoms with E-state index in [9.17, 15) is 0 Å². The Kier molecular flexibility index (Phi) is 0.770. The Labute approximate surface area is 49.6 Å². The summed E-state index contributed by atoms with van der Waals surface area (Å²) >= 11 is 0. The maximum atomic E-state index is 5.60. The number of hydrogen-bond acceptors (Lipinski definition) is 1. The van der Waals surface area contributed by atoms with Crippen molar-refractivity contribution >= 4 is 0 Å². The van der Waals surface area contributed by atoms with Crippen molar-refractivity contribution in [3.63, 3.8) is 0 Å². The summed E-state index contributed by atoms with van der Waals surface area (Å²) in [6.45, 7) is 0. The van der Waals surface area contributed by atoms with E-state index in [2.05, 4.69) is 0 Å². The number of nitrogens with two attached hydrogens (primary N) is 1. The van der Waals surface area contributed by atoms with Gasteiger partial charge in [0.15, 0.2) is 0 Å². The number of rotatable bonds is 0. The molecule has 0 aromatic rings. The second-order valence-corrected chi connectivity index (χ2v) is 2.88. The molecular formula is C7H11N. The van der Waals surface area contributed by atoms with Gasteiger partial charge in [0.05, 0.1) is 0 Å². The van der Waals surface area contributed by atoms with Crippen LogP contribution in [0.2, 0.25) is 0 Å². The molecular weight excluding hydrogens is 98.1 g/mol. The van der Waals surface area contributed by atoms with Gasteiger partial charge in [-0.05, 0) is 25.7 Å². The van der Waals surface area contributed by atoms with E-state index in [1.165, 1.54) is 25.7 Å². The summed E-state index contributed by atoms with van der Waals surface area (Å²) in [6, 6.07) is 0.512. The van der Waals surface area contributed by atoms with E-state index < -0.39 is 0 Å². The van der Waals surface area contributed by atoms with Crippen molar-refractivity contribution in [2.45, 2.75) is 31.7 Å². The highest BCUT2D eigenvalue weighted by atomic mass is 14.7. The summed E-state index contributed by atoms with van der Waals surface area (Å²) in [5, 5.41) is 0. The Morgan fingerprint density at radius 2 is 1.75 bits per heavy atom. The fourth-order valence-corrected chi connectivity index (χ4v) is 1.28. The Morgan fingerprint density at radius 3 is 2.12 bits per heavy atom. The minimum atomic E-state index is 0.512. The third kappa shape index (κ3) is 0.583. The molecule has 0 saturated heterocycles. The van der Waals surface area contributed by atoms with E-state index in [0.717, 1.165) is 0 Å². The van der Waals surface area contributed by atoms with Crippen LogP contribution in [0.15, 0.2) is 11.1 Å². The second-order valence-electron chi connectivity index (χ2n) is 2.88. The Morgan fingerprint density at radius 1 is 1.12 bits per heavy atom. The van der Waals surface area contributed by atoms with Crippen molar-refractivity contribution in [3.8, 4) is 0 Å². The summed E-state index contributed by atoms with van der Waals surface area (Å²) in [5.41, 5.74) is 8.99. The molecule has 2 N–H and O–H groups in total. The molecule has 2 aliphatic carbocycles. The minimum absolute atomic E-state index is 0.512. The summed E-state index contributed by atoms with van der Waals surface area (Å²) < 4.78 is 0. The number of allylic oxidation sites excluding steroid dienone is 1. The van der Waals surface area contributed by atoms with Gasteiger partial charge in [-0.25, -0.2) is 0 Å². The van der Waals surface area contributed by atoms with Crippen molar-refractivity contribution < 1.29 is 0 Å². The van der Waals surface area contributed by atoms with E-state index in [1.807, 2.05) is 0 Å². The average molecular weight is 109 g/mol. The van der Waals surface area contributed by atoms with Crippen LogP contribution >= 0.6 is 0 Å². The topological polar surface area (TPSA) is 26.0 Å². The van der Waals surface area contributed by atoms with Gasteiger partial charge < -0.3 is 5.73 Å². The fourth-order valence-electron chi connectivity index (χ4n) is 1.28. The normalized spacial score (nSPS) is 34.9. The Bertz CT molecular complexity index is 132. The first kappa shape index (κ1) is 4.57. The van der Waals surface area contributed by atoms with E-state index in [1.54, 1.807) is 11.1 Å². The molecule has 2 saturated carbocycles. The first-order valence-corrected chi connectivity index (χ1v) is 3.31. The molecule has 0 aliphatic heterocycles. The van der Waals surface area contributed by atoms with Crippen LogP contribution in [0, 0.1) is 0 Å². The molecule has 0 spiro atoms. The molecule has 0 aromatic heterocycles. The van der Waals surface area contributed by atoms with Gasteiger partial charge in [-0.2, -0.15) is 0 Å². The molecule has 44 valence electrons. The molecule has 0 unspecified atom stereocenters. The fraction of sp³-hybridized carbons (Fsp3) is 0.714. The molecule has 0 bridgehead atoms. The maximum Gasteiger partial charge on any atom is 0.0114 e. The summed E-state index contributed by atoms with van der Waals surface area (Å²) in [7, 11) is 0. The average Bonchev–Trinajstić information content (AvgIpc) is 2.37. The van der Waals surface area contributed by atoms with Crippen molar-refractivity contribution in [2.24, 2.45) is 5.73 Å². The molecule has 0 amide bonds. The first-order valence-electron chi connectivity index (χ1n) is 3.31. The molecule has 0 heterocycles. The van der Waals surface area contributed by atoms with Crippen molar-refractivity contribution in [1.82, 2.24) is 0 Å². The standard InChI is InChI=1S/C7H11N/c8-7-3-6(4-7)5-1-2-5/h7H,1-4,8H2. The van der Waals surface area contributed by atoms with Crippen LogP contribution in [-0.2, 0) is 0 Å². The van der Waals surface area contributed by atoms with Crippen LogP contribution in [0.25, 0.3) is 0 Å². The van der Waals surface area contributed by atoms with Gasteiger partial charge in [0.2, 0.25) is 0 Å². The molecule has 1 nitrogen and oxygen atoms in total. The third-order valence-electron chi connectivity index (χ3n) is 2.02. The van der Waals surface area contributed by atoms with Crippen LogP contribution in [0.5, 0.6) is 0 Å². The largest absolute Gasteiger partial charge is 0.327 e. The Hall–Kier alpha value is -0.300. The lowest BCUT2D eigenvalue weighted by Crippen LogP contribution is -2.30. The SMILES string of the molecule is NC1CC(=C2CC2)C1. The molecule has 0 atom stereocenters. The molecule has 1 heteroatoms. The molecule has 2 rings (SSSR count). The minimum Gasteiger partial charge on any atom is -0.327 e. The van der Waals surface area contributed by atoms with Crippen LogP contribution in [0.1, 0.15) is 25.7 Å². The monoisotopic (exact) mass is 109 g/mol. The van der Waals surface area contributed by atoms with Crippen LogP contribution < -0.4 is 5.73 Å². The zero-order chi connectivity index (χ0) is 5.56. The van der Waals surface area contributed by atoms with Gasteiger partial charge in [0, 0.05) is 6.04 Å². The van der Waals surface area contributed by atoms with Crippen molar-refractivity contribution in [1.29, 1.82) is 0 Å². The van der Waals surface area contributed by atoms with Gasteiger partial charge in [-0.15, -0.1) is 0 Å². The summed E-state index contributed by atoms with van der Waals surface area (Å²) in [6.07, 6.45) is 5.16. The van der Waals surface area contributed by atoms with Crippen molar-refractivity contribution in [2.75, 3.05) is 0 Å². The van der Waals surface area contributed by atoms with Gasteiger partial charge in [-0.3, -0.25) is 0 Å². The van der Waals surface area contributed by atoms with Gasteiger partial charge >= 0.3 is 0 Å². The zero-order valence-corrected chi connectivity index (χ0v) is 4.98. The van der Waals surface area contributed by atoms with Crippen LogP contribution in [0.3, 0.4) is 0 Å². The van der Waals surface area contributed by atoms with Crippen LogP contribution in [0.4, 0.5) is 0 Å². The Balaban J connectivity index is 2.03. The summed E-state index contributed by atoms with van der Waals surface area (Å²) in [4.78, 5) is 0. The molecule has 0 aromatic carbocycles. The van der Waals surface area contributed by atoms with Crippen molar-refractivity contribution in [3.05, 3.63) is 11.1 Å². The highest BCUT2D eigenvalue weighted by molar-refractivity contribution is 5.30. The third-order valence-corrected chi connectivity index (χ3v) is 2.02. The van der Waals surface area contributed by atoms with Gasteiger partial charge in [0.1, 0.15) is 0 Å². The van der Waals surface area contributed by atoms with Gasteiger partial charge in [0.25, 0.3) is 0 Å². The molecule has 2 fully saturated rings. The molecule has 2 aliphatic rings. The van der Waals surface area contributed by atoms with E-state index in [0.29, 0.717) is 6.04 Å². The second kappa shape index (κ2) is 1.35. The summed E-state index contributed by atoms with van der Waals surface area (Å²) in [5.74, 6) is 0. The molecule has 0 radical (unpaired) electrons. The lowest BCUT2D eigenvalue weighted by molar-refractivity contribution is 0.539. The highest BCUT2D eigenvalue weighted by Crippen LogP contribution is 2.40. The van der Waals surface area contributed by atoms with E-state index >= 15 is 0 Å². The predicted molar refractivity (Wildman–Crippen MR) is 33.5 cm³/mol. The first-order chi connectivity index (χ1) is 3.86. The van der Waals surface area contributed by atoms with Crippen LogP contribution in [-0.4, -0.2) is 6.04 Å². The lowest BCUT2D eigenvalue weighted by Gasteiger charge is -2.24. The van der Waals surface area contributed by atoms with E-state index in [-0.39, 0.29) is 0 Å². The lowest BCUT2D eigenvalue weighted by atomic mass is 9.86. The van der Waals surface area contributed by atoms with Gasteiger partial charge in [-0.1, -0.05) is 11.1 Å². The quantitative estimate of drug-likeness (QED) is 0.465.